The van der Waals surface area contributed by atoms with Gasteiger partial charge in [0.05, 0.1) is 19.5 Å². The molecule has 2 aromatic rings. The topological polar surface area (TPSA) is 86.5 Å². The van der Waals surface area contributed by atoms with Gasteiger partial charge in [0.1, 0.15) is 11.5 Å². The van der Waals surface area contributed by atoms with Gasteiger partial charge < -0.3 is 19.2 Å². The van der Waals surface area contributed by atoms with Gasteiger partial charge in [-0.25, -0.2) is 0 Å². The number of carbonyl (C=O) groups excluding carboxylic acids is 1. The third-order valence-electron chi connectivity index (χ3n) is 3.68. The second-order valence-corrected chi connectivity index (χ2v) is 6.46. The number of fused-ring (bicyclic) bond motifs is 1. The van der Waals surface area contributed by atoms with Crippen molar-refractivity contribution in [2.24, 2.45) is 5.92 Å². The molecule has 128 valence electrons. The molecule has 1 unspecified atom stereocenters. The van der Waals surface area contributed by atoms with Gasteiger partial charge in [-0.2, -0.15) is 0 Å². The van der Waals surface area contributed by atoms with Crippen LogP contribution in [-0.4, -0.2) is 42.1 Å². The lowest BCUT2D eigenvalue weighted by atomic mass is 9.96. The quantitative estimate of drug-likeness (QED) is 0.796. The number of thioether (sulfide) groups is 1. The van der Waals surface area contributed by atoms with Crippen LogP contribution in [-0.2, 0) is 11.2 Å². The van der Waals surface area contributed by atoms with Crippen molar-refractivity contribution in [3.05, 3.63) is 29.7 Å². The van der Waals surface area contributed by atoms with Crippen LogP contribution in [0.4, 0.5) is 0 Å². The highest BCUT2D eigenvalue weighted by atomic mass is 32.2. The van der Waals surface area contributed by atoms with E-state index in [2.05, 4.69) is 15.5 Å². The predicted octanol–water partition coefficient (Wildman–Crippen LogP) is 1.85. The first-order valence-corrected chi connectivity index (χ1v) is 8.62. The molecule has 1 aromatic carbocycles. The van der Waals surface area contributed by atoms with Crippen molar-refractivity contribution in [2.45, 2.75) is 18.6 Å². The van der Waals surface area contributed by atoms with Gasteiger partial charge in [0.2, 0.25) is 11.8 Å². The molecular formula is C16H19N3O4S. The van der Waals surface area contributed by atoms with Crippen LogP contribution in [0.25, 0.3) is 0 Å². The molecule has 0 aliphatic carbocycles. The van der Waals surface area contributed by atoms with E-state index in [-0.39, 0.29) is 17.6 Å². The molecule has 1 aromatic heterocycles. The summed E-state index contributed by atoms with van der Waals surface area (Å²) in [5.74, 6) is 2.59. The average Bonchev–Trinajstić information content (AvgIpc) is 3.02. The molecule has 1 aliphatic heterocycles. The molecule has 24 heavy (non-hydrogen) atoms. The number of hydrogen-bond acceptors (Lipinski definition) is 7. The molecule has 0 saturated heterocycles. The number of rotatable bonds is 6. The van der Waals surface area contributed by atoms with Crippen molar-refractivity contribution < 1.29 is 18.7 Å². The molecule has 1 aliphatic rings. The summed E-state index contributed by atoms with van der Waals surface area (Å²) >= 11 is 1.23. The second-order valence-electron chi connectivity index (χ2n) is 5.53. The summed E-state index contributed by atoms with van der Waals surface area (Å²) in [5, 5.41) is 10.9. The normalized spacial score (nSPS) is 16.2. The van der Waals surface area contributed by atoms with Crippen molar-refractivity contribution in [3.8, 4) is 11.5 Å². The van der Waals surface area contributed by atoms with Gasteiger partial charge in [-0.15, -0.1) is 10.2 Å². The molecule has 0 fully saturated rings. The Morgan fingerprint density at radius 2 is 2.33 bits per heavy atom. The Labute approximate surface area is 144 Å². The van der Waals surface area contributed by atoms with Crippen LogP contribution in [0, 0.1) is 12.8 Å². The van der Waals surface area contributed by atoms with E-state index in [4.69, 9.17) is 13.9 Å². The Hall–Kier alpha value is -2.22. The van der Waals surface area contributed by atoms with Gasteiger partial charge in [0.25, 0.3) is 5.22 Å². The number of aryl methyl sites for hydroxylation is 1. The third-order valence-corrected chi connectivity index (χ3v) is 4.50. The number of benzene rings is 1. The number of hydrogen-bond donors (Lipinski definition) is 1. The van der Waals surface area contributed by atoms with Gasteiger partial charge in [0.15, 0.2) is 0 Å². The van der Waals surface area contributed by atoms with E-state index in [1.807, 2.05) is 18.2 Å². The van der Waals surface area contributed by atoms with Crippen molar-refractivity contribution in [1.82, 2.24) is 15.5 Å². The lowest BCUT2D eigenvalue weighted by Crippen LogP contribution is -2.35. The van der Waals surface area contributed by atoms with Crippen LogP contribution in [0.2, 0.25) is 0 Å². The zero-order chi connectivity index (χ0) is 16.9. The summed E-state index contributed by atoms with van der Waals surface area (Å²) in [7, 11) is 1.64. The standard InChI is InChI=1S/C16H19N3O4S/c1-10-18-19-16(23-10)24-9-15(20)17-7-11-5-12-3-4-13(21-2)6-14(12)22-8-11/h3-4,6,11H,5,7-9H2,1-2H3,(H,17,20). The monoisotopic (exact) mass is 349 g/mol. The van der Waals surface area contributed by atoms with E-state index in [0.29, 0.717) is 24.3 Å². The molecule has 7 nitrogen and oxygen atoms in total. The molecular weight excluding hydrogens is 330 g/mol. The fourth-order valence-electron chi connectivity index (χ4n) is 2.45. The summed E-state index contributed by atoms with van der Waals surface area (Å²) in [5.41, 5.74) is 1.14. The Morgan fingerprint density at radius 3 is 3.08 bits per heavy atom. The molecule has 0 spiro atoms. The highest BCUT2D eigenvalue weighted by Crippen LogP contribution is 2.30. The van der Waals surface area contributed by atoms with Crippen LogP contribution in [0.15, 0.2) is 27.8 Å². The van der Waals surface area contributed by atoms with Crippen LogP contribution in [0.1, 0.15) is 11.5 Å². The van der Waals surface area contributed by atoms with E-state index >= 15 is 0 Å². The van der Waals surface area contributed by atoms with Gasteiger partial charge in [-0.1, -0.05) is 17.8 Å². The number of ether oxygens (including phenoxy) is 2. The summed E-state index contributed by atoms with van der Waals surface area (Å²) < 4.78 is 16.2. The fourth-order valence-corrected chi connectivity index (χ4v) is 3.08. The van der Waals surface area contributed by atoms with Crippen LogP contribution >= 0.6 is 11.8 Å². The average molecular weight is 349 g/mol. The molecule has 1 amide bonds. The minimum Gasteiger partial charge on any atom is -0.497 e. The lowest BCUT2D eigenvalue weighted by Gasteiger charge is -2.25. The summed E-state index contributed by atoms with van der Waals surface area (Å²) in [6.45, 7) is 2.87. The number of carbonyl (C=O) groups is 1. The zero-order valence-corrected chi connectivity index (χ0v) is 14.4. The SMILES string of the molecule is COc1ccc2c(c1)OCC(CNC(=O)CSc1nnc(C)o1)C2. The predicted molar refractivity (Wildman–Crippen MR) is 88.5 cm³/mol. The smallest absolute Gasteiger partial charge is 0.277 e. The minimum absolute atomic E-state index is 0.0589. The Bertz CT molecular complexity index is 719. The molecule has 1 N–H and O–H groups in total. The first kappa shape index (κ1) is 16.6. The van der Waals surface area contributed by atoms with Crippen LogP contribution in [0.5, 0.6) is 11.5 Å². The molecule has 0 radical (unpaired) electrons. The van der Waals surface area contributed by atoms with Gasteiger partial charge in [0, 0.05) is 25.5 Å². The highest BCUT2D eigenvalue weighted by molar-refractivity contribution is 7.99. The molecule has 0 bridgehead atoms. The Kier molecular flexibility index (Phi) is 5.24. The van der Waals surface area contributed by atoms with E-state index in [1.54, 1.807) is 14.0 Å². The summed E-state index contributed by atoms with van der Waals surface area (Å²) in [6.07, 6.45) is 0.871. The number of methoxy groups -OCH3 is 1. The maximum absolute atomic E-state index is 11.9. The molecule has 0 saturated carbocycles. The molecule has 1 atom stereocenters. The van der Waals surface area contributed by atoms with Crippen molar-refractivity contribution in [1.29, 1.82) is 0 Å². The van der Waals surface area contributed by atoms with E-state index < -0.39 is 0 Å². The van der Waals surface area contributed by atoms with Crippen LogP contribution < -0.4 is 14.8 Å². The molecule has 3 rings (SSSR count). The largest absolute Gasteiger partial charge is 0.497 e. The molecule has 8 heteroatoms. The minimum atomic E-state index is -0.0589. The van der Waals surface area contributed by atoms with Gasteiger partial charge in [-0.05, 0) is 18.1 Å². The van der Waals surface area contributed by atoms with Crippen molar-refractivity contribution in [2.75, 3.05) is 26.0 Å². The fraction of sp³-hybridized carbons (Fsp3) is 0.438. The Balaban J connectivity index is 1.44. The van der Waals surface area contributed by atoms with Crippen molar-refractivity contribution in [3.63, 3.8) is 0 Å². The third kappa shape index (κ3) is 4.19. The first-order chi connectivity index (χ1) is 11.6. The maximum atomic E-state index is 11.9. The second kappa shape index (κ2) is 7.57. The van der Waals surface area contributed by atoms with E-state index in [1.165, 1.54) is 11.8 Å². The highest BCUT2D eigenvalue weighted by Gasteiger charge is 2.21. The van der Waals surface area contributed by atoms with E-state index in [9.17, 15) is 4.79 Å². The van der Waals surface area contributed by atoms with Gasteiger partial charge in [-0.3, -0.25) is 4.79 Å². The van der Waals surface area contributed by atoms with Crippen LogP contribution in [0.3, 0.4) is 0 Å². The molecule has 2 heterocycles. The first-order valence-electron chi connectivity index (χ1n) is 7.63. The number of nitrogens with zero attached hydrogens (tertiary/aromatic N) is 2. The van der Waals surface area contributed by atoms with Gasteiger partial charge >= 0.3 is 0 Å². The van der Waals surface area contributed by atoms with E-state index in [0.717, 1.165) is 23.5 Å². The maximum Gasteiger partial charge on any atom is 0.277 e. The number of amides is 1. The number of nitrogens with one attached hydrogen (secondary N) is 1. The van der Waals surface area contributed by atoms with Crippen molar-refractivity contribution >= 4 is 17.7 Å². The zero-order valence-electron chi connectivity index (χ0n) is 13.6. The summed E-state index contributed by atoms with van der Waals surface area (Å²) in [4.78, 5) is 11.9. The number of aromatic nitrogens is 2. The summed E-state index contributed by atoms with van der Waals surface area (Å²) in [6, 6.07) is 5.83. The lowest BCUT2D eigenvalue weighted by molar-refractivity contribution is -0.118. The Morgan fingerprint density at radius 1 is 1.46 bits per heavy atom.